The molecule has 0 saturated heterocycles. The molecular weight excluding hydrogens is 452 g/mol. The molecule has 0 amide bonds. The van der Waals surface area contributed by atoms with Gasteiger partial charge in [-0.3, -0.25) is 0 Å². The molecular formula is C26H28N2O5S. The van der Waals surface area contributed by atoms with Crippen LogP contribution in [0, 0.1) is 0 Å². The molecule has 2 aromatic heterocycles. The van der Waals surface area contributed by atoms with Crippen LogP contribution in [0.3, 0.4) is 0 Å². The summed E-state index contributed by atoms with van der Waals surface area (Å²) in [5.74, 6) is 2.76. The van der Waals surface area contributed by atoms with Crippen molar-refractivity contribution in [2.45, 2.75) is 32.9 Å². The second kappa shape index (κ2) is 11.1. The molecule has 0 saturated carbocycles. The van der Waals surface area contributed by atoms with Crippen LogP contribution in [0.1, 0.15) is 20.3 Å². The monoisotopic (exact) mass is 480 g/mol. The van der Waals surface area contributed by atoms with Crippen molar-refractivity contribution in [2.75, 3.05) is 20.3 Å². The molecule has 0 N–H and O–H groups in total. The van der Waals surface area contributed by atoms with Gasteiger partial charge in [-0.1, -0.05) is 0 Å². The lowest BCUT2D eigenvalue weighted by molar-refractivity contribution is -0.108. The van der Waals surface area contributed by atoms with Crippen LogP contribution in [0.5, 0.6) is 23.1 Å². The molecule has 8 heteroatoms. The first kappa shape index (κ1) is 23.6. The van der Waals surface area contributed by atoms with Gasteiger partial charge in [0.15, 0.2) is 11.5 Å². The van der Waals surface area contributed by atoms with E-state index in [4.69, 9.17) is 18.9 Å². The van der Waals surface area contributed by atoms with Crippen LogP contribution < -0.4 is 18.9 Å². The summed E-state index contributed by atoms with van der Waals surface area (Å²) in [4.78, 5) is 15.3. The first-order valence-corrected chi connectivity index (χ1v) is 12.0. The fraction of sp³-hybridized carbons (Fsp3) is 0.308. The molecule has 7 nitrogen and oxygen atoms in total. The molecule has 4 aromatic rings. The number of carbonyl (C=O) groups is 1. The molecule has 0 atom stereocenters. The summed E-state index contributed by atoms with van der Waals surface area (Å²) in [5.41, 5.74) is 1.97. The van der Waals surface area contributed by atoms with Gasteiger partial charge < -0.3 is 28.3 Å². The molecule has 0 unspecified atom stereocenters. The summed E-state index contributed by atoms with van der Waals surface area (Å²) in [6.45, 7) is 5.33. The van der Waals surface area contributed by atoms with Gasteiger partial charge in [-0.05, 0) is 56.3 Å². The topological polar surface area (TPSA) is 71.8 Å². The van der Waals surface area contributed by atoms with E-state index in [0.717, 1.165) is 39.9 Å². The van der Waals surface area contributed by atoms with Gasteiger partial charge in [0.1, 0.15) is 17.0 Å². The second-order valence-electron chi connectivity index (χ2n) is 7.93. The van der Waals surface area contributed by atoms with Gasteiger partial charge in [0.2, 0.25) is 5.88 Å². The lowest BCUT2D eigenvalue weighted by Crippen LogP contribution is -2.06. The fourth-order valence-electron chi connectivity index (χ4n) is 3.55. The van der Waals surface area contributed by atoms with Crippen LogP contribution in [-0.2, 0) is 11.3 Å². The minimum atomic E-state index is 0.0857. The third-order valence-corrected chi connectivity index (χ3v) is 5.95. The van der Waals surface area contributed by atoms with Crippen LogP contribution in [0.25, 0.3) is 21.5 Å². The SMILES string of the molecule is COc1cc(-c2nc(OC(C)C)cs2)ccc1OCCCOc1ccc2c(ccn2CC=O)c1. The zero-order valence-corrected chi connectivity index (χ0v) is 20.3. The highest BCUT2D eigenvalue weighted by atomic mass is 32.1. The first-order chi connectivity index (χ1) is 16.6. The van der Waals surface area contributed by atoms with Gasteiger partial charge in [-0.25, -0.2) is 4.98 Å². The number of hydrogen-bond acceptors (Lipinski definition) is 7. The minimum Gasteiger partial charge on any atom is -0.493 e. The van der Waals surface area contributed by atoms with Crippen molar-refractivity contribution >= 4 is 28.5 Å². The predicted molar refractivity (Wildman–Crippen MR) is 133 cm³/mol. The average molecular weight is 481 g/mol. The molecule has 34 heavy (non-hydrogen) atoms. The second-order valence-corrected chi connectivity index (χ2v) is 8.79. The van der Waals surface area contributed by atoms with Gasteiger partial charge in [0.05, 0.1) is 38.4 Å². The number of fused-ring (bicyclic) bond motifs is 1. The number of ether oxygens (including phenoxy) is 4. The molecule has 0 spiro atoms. The van der Waals surface area contributed by atoms with Crippen molar-refractivity contribution in [3.63, 3.8) is 0 Å². The van der Waals surface area contributed by atoms with Crippen molar-refractivity contribution < 1.29 is 23.7 Å². The Morgan fingerprint density at radius 1 is 1.06 bits per heavy atom. The first-order valence-electron chi connectivity index (χ1n) is 11.2. The van der Waals surface area contributed by atoms with E-state index in [-0.39, 0.29) is 6.10 Å². The fourth-order valence-corrected chi connectivity index (χ4v) is 4.27. The maximum Gasteiger partial charge on any atom is 0.225 e. The standard InChI is InChI=1S/C26H28N2O5S/c1-18(2)33-25-17-34-26(27-25)20-5-8-23(24(16-20)30-3)32-14-4-13-31-21-6-7-22-19(15-21)9-10-28(22)11-12-29/h5-10,12,15-18H,4,11,13-14H2,1-3H3. The van der Waals surface area contributed by atoms with Crippen molar-refractivity contribution in [2.24, 2.45) is 0 Å². The highest BCUT2D eigenvalue weighted by Gasteiger charge is 2.11. The van der Waals surface area contributed by atoms with E-state index in [1.807, 2.05) is 72.5 Å². The van der Waals surface area contributed by atoms with Crippen LogP contribution >= 0.6 is 11.3 Å². The third kappa shape index (κ3) is 5.69. The Bertz CT molecular complexity index is 1250. The van der Waals surface area contributed by atoms with Crippen molar-refractivity contribution in [3.05, 3.63) is 54.0 Å². The lowest BCUT2D eigenvalue weighted by atomic mass is 10.2. The Morgan fingerprint density at radius 3 is 2.71 bits per heavy atom. The number of aromatic nitrogens is 2. The Morgan fingerprint density at radius 2 is 1.91 bits per heavy atom. The summed E-state index contributed by atoms with van der Waals surface area (Å²) in [7, 11) is 1.63. The lowest BCUT2D eigenvalue weighted by Gasteiger charge is -2.12. The molecule has 0 aliphatic heterocycles. The maximum atomic E-state index is 10.8. The van der Waals surface area contributed by atoms with E-state index < -0.39 is 0 Å². The Labute approximate surface area is 202 Å². The van der Waals surface area contributed by atoms with Gasteiger partial charge in [-0.15, -0.1) is 11.3 Å². The van der Waals surface area contributed by atoms with E-state index in [1.54, 1.807) is 7.11 Å². The summed E-state index contributed by atoms with van der Waals surface area (Å²) in [5, 5.41) is 3.82. The largest absolute Gasteiger partial charge is 0.493 e. The number of aldehydes is 1. The molecule has 0 bridgehead atoms. The van der Waals surface area contributed by atoms with E-state index in [0.29, 0.717) is 37.1 Å². The van der Waals surface area contributed by atoms with Gasteiger partial charge in [-0.2, -0.15) is 0 Å². The summed E-state index contributed by atoms with van der Waals surface area (Å²) in [6.07, 6.45) is 3.60. The third-order valence-electron chi connectivity index (χ3n) is 5.08. The van der Waals surface area contributed by atoms with Crippen LogP contribution in [-0.4, -0.2) is 42.3 Å². The minimum absolute atomic E-state index is 0.0857. The number of rotatable bonds is 12. The van der Waals surface area contributed by atoms with Gasteiger partial charge in [0, 0.05) is 29.1 Å². The Balaban J connectivity index is 1.29. The quantitative estimate of drug-likeness (QED) is 0.194. The number of benzene rings is 2. The predicted octanol–water partition coefficient (Wildman–Crippen LogP) is 5.61. The highest BCUT2D eigenvalue weighted by Crippen LogP contribution is 2.35. The average Bonchev–Trinajstić information content (AvgIpc) is 3.46. The van der Waals surface area contributed by atoms with Crippen LogP contribution in [0.4, 0.5) is 0 Å². The molecule has 0 aliphatic rings. The number of methoxy groups -OCH3 is 1. The van der Waals surface area contributed by atoms with Gasteiger partial charge >= 0.3 is 0 Å². The zero-order chi connectivity index (χ0) is 23.9. The number of thiazole rings is 1. The van der Waals surface area contributed by atoms with Crippen LogP contribution in [0.15, 0.2) is 54.0 Å². The molecule has 0 radical (unpaired) electrons. The van der Waals surface area contributed by atoms with E-state index >= 15 is 0 Å². The smallest absolute Gasteiger partial charge is 0.225 e. The van der Waals surface area contributed by atoms with E-state index in [2.05, 4.69) is 4.98 Å². The van der Waals surface area contributed by atoms with E-state index in [9.17, 15) is 4.79 Å². The van der Waals surface area contributed by atoms with Crippen LogP contribution in [0.2, 0.25) is 0 Å². The maximum absolute atomic E-state index is 10.8. The highest BCUT2D eigenvalue weighted by molar-refractivity contribution is 7.13. The summed E-state index contributed by atoms with van der Waals surface area (Å²) >= 11 is 1.53. The zero-order valence-electron chi connectivity index (χ0n) is 19.5. The Kier molecular flexibility index (Phi) is 7.69. The van der Waals surface area contributed by atoms with Crippen molar-refractivity contribution in [3.8, 4) is 33.7 Å². The van der Waals surface area contributed by atoms with Gasteiger partial charge in [0.25, 0.3) is 0 Å². The van der Waals surface area contributed by atoms with E-state index in [1.165, 1.54) is 11.3 Å². The molecule has 0 aliphatic carbocycles. The Hall–Kier alpha value is -3.52. The molecule has 2 heterocycles. The molecule has 178 valence electrons. The summed E-state index contributed by atoms with van der Waals surface area (Å²) < 4.78 is 24.9. The molecule has 4 rings (SSSR count). The normalized spacial score (nSPS) is 11.1. The number of carbonyl (C=O) groups excluding carboxylic acids is 1. The number of nitrogens with zero attached hydrogens (tertiary/aromatic N) is 2. The summed E-state index contributed by atoms with van der Waals surface area (Å²) in [6, 6.07) is 13.6. The van der Waals surface area contributed by atoms with Crippen molar-refractivity contribution in [1.82, 2.24) is 9.55 Å². The molecule has 0 fully saturated rings. The van der Waals surface area contributed by atoms with Crippen molar-refractivity contribution in [1.29, 1.82) is 0 Å². The molecule has 2 aromatic carbocycles. The number of hydrogen-bond donors (Lipinski definition) is 0.